The first kappa shape index (κ1) is 16.4. The van der Waals surface area contributed by atoms with Crippen molar-refractivity contribution >= 4 is 0 Å². The summed E-state index contributed by atoms with van der Waals surface area (Å²) < 4.78 is 12.9. The van der Waals surface area contributed by atoms with Crippen LogP contribution >= 0.6 is 0 Å². The summed E-state index contributed by atoms with van der Waals surface area (Å²) in [5.41, 5.74) is 7.48. The maximum Gasteiger partial charge on any atom is 0.123 e. The Morgan fingerprint density at radius 1 is 1.10 bits per heavy atom. The van der Waals surface area contributed by atoms with Gasteiger partial charge in [0.1, 0.15) is 5.82 Å². The zero-order valence-corrected chi connectivity index (χ0v) is 13.5. The van der Waals surface area contributed by atoms with E-state index in [1.54, 1.807) is 12.1 Å². The molecule has 0 aliphatic carbocycles. The minimum atomic E-state index is -0.204. The minimum absolute atomic E-state index is 0.00811. The molecule has 1 atom stereocenters. The quantitative estimate of drug-likeness (QED) is 0.926. The summed E-state index contributed by atoms with van der Waals surface area (Å²) in [6.45, 7) is 12.3. The predicted octanol–water partition coefficient (Wildman–Crippen LogP) is 2.63. The molecule has 0 amide bonds. The van der Waals surface area contributed by atoms with Crippen LogP contribution < -0.4 is 5.73 Å². The summed E-state index contributed by atoms with van der Waals surface area (Å²) in [5.74, 6) is -0.204. The second kappa shape index (κ2) is 6.86. The van der Waals surface area contributed by atoms with Crippen molar-refractivity contribution in [3.05, 3.63) is 35.6 Å². The van der Waals surface area contributed by atoms with Gasteiger partial charge >= 0.3 is 0 Å². The van der Waals surface area contributed by atoms with E-state index in [2.05, 4.69) is 30.6 Å². The lowest BCUT2D eigenvalue weighted by atomic mass is 10.0. The molecule has 1 fully saturated rings. The van der Waals surface area contributed by atoms with Gasteiger partial charge in [-0.15, -0.1) is 0 Å². The van der Waals surface area contributed by atoms with Crippen LogP contribution in [0.1, 0.15) is 38.8 Å². The van der Waals surface area contributed by atoms with Gasteiger partial charge in [0.2, 0.25) is 0 Å². The van der Waals surface area contributed by atoms with Crippen LogP contribution in [0.4, 0.5) is 4.39 Å². The van der Waals surface area contributed by atoms with E-state index >= 15 is 0 Å². The first-order valence-electron chi connectivity index (χ1n) is 7.85. The molecule has 21 heavy (non-hydrogen) atoms. The Morgan fingerprint density at radius 2 is 1.67 bits per heavy atom. The van der Waals surface area contributed by atoms with Crippen molar-refractivity contribution in [3.8, 4) is 0 Å². The van der Waals surface area contributed by atoms with E-state index in [4.69, 9.17) is 5.73 Å². The molecule has 0 aromatic heterocycles. The largest absolute Gasteiger partial charge is 0.324 e. The fourth-order valence-electron chi connectivity index (χ4n) is 2.84. The molecule has 0 radical (unpaired) electrons. The highest BCUT2D eigenvalue weighted by Crippen LogP contribution is 2.18. The van der Waals surface area contributed by atoms with Crippen molar-refractivity contribution in [1.29, 1.82) is 0 Å². The van der Waals surface area contributed by atoms with Crippen LogP contribution in [-0.4, -0.2) is 48.1 Å². The zero-order chi connectivity index (χ0) is 15.5. The van der Waals surface area contributed by atoms with E-state index in [0.29, 0.717) is 0 Å². The molecule has 3 nitrogen and oxygen atoms in total. The normalized spacial score (nSPS) is 19.7. The van der Waals surface area contributed by atoms with Crippen molar-refractivity contribution in [2.75, 3.05) is 32.7 Å². The highest BCUT2D eigenvalue weighted by Gasteiger charge is 2.25. The van der Waals surface area contributed by atoms with Crippen LogP contribution in [-0.2, 0) is 0 Å². The Bertz CT molecular complexity index is 430. The van der Waals surface area contributed by atoms with Gasteiger partial charge in [-0.25, -0.2) is 4.39 Å². The lowest BCUT2D eigenvalue weighted by molar-refractivity contribution is 0.0611. The Kier molecular flexibility index (Phi) is 5.36. The average molecular weight is 293 g/mol. The monoisotopic (exact) mass is 293 g/mol. The van der Waals surface area contributed by atoms with Crippen molar-refractivity contribution in [3.63, 3.8) is 0 Å². The smallest absolute Gasteiger partial charge is 0.123 e. The van der Waals surface area contributed by atoms with E-state index in [1.165, 1.54) is 12.1 Å². The van der Waals surface area contributed by atoms with E-state index in [0.717, 1.165) is 44.7 Å². The third kappa shape index (κ3) is 4.77. The lowest BCUT2D eigenvalue weighted by Crippen LogP contribution is -2.53. The van der Waals surface area contributed by atoms with Gasteiger partial charge in [0.25, 0.3) is 0 Å². The number of rotatable bonds is 4. The molecule has 0 bridgehead atoms. The number of benzene rings is 1. The number of piperazine rings is 1. The maximum atomic E-state index is 12.9. The molecular weight excluding hydrogens is 265 g/mol. The van der Waals surface area contributed by atoms with Crippen LogP contribution in [0.3, 0.4) is 0 Å². The van der Waals surface area contributed by atoms with Crippen molar-refractivity contribution < 1.29 is 4.39 Å². The summed E-state index contributed by atoms with van der Waals surface area (Å²) in [6, 6.07) is 6.54. The van der Waals surface area contributed by atoms with Gasteiger partial charge in [-0.1, -0.05) is 12.1 Å². The predicted molar refractivity (Wildman–Crippen MR) is 85.7 cm³/mol. The third-order valence-electron chi connectivity index (χ3n) is 4.38. The number of halogens is 1. The SMILES string of the molecule is CC(C)(C)N1CCN(CCC(N)c2ccc(F)cc2)CC1. The molecule has 0 saturated carbocycles. The Morgan fingerprint density at radius 3 is 2.19 bits per heavy atom. The van der Waals surface area contributed by atoms with Crippen molar-refractivity contribution in [2.45, 2.75) is 38.8 Å². The van der Waals surface area contributed by atoms with E-state index < -0.39 is 0 Å². The van der Waals surface area contributed by atoms with Crippen LogP contribution in [0.5, 0.6) is 0 Å². The molecule has 2 rings (SSSR count). The number of nitrogens with zero attached hydrogens (tertiary/aromatic N) is 2. The highest BCUT2D eigenvalue weighted by atomic mass is 19.1. The van der Waals surface area contributed by atoms with Crippen molar-refractivity contribution in [1.82, 2.24) is 9.80 Å². The summed E-state index contributed by atoms with van der Waals surface area (Å²) in [4.78, 5) is 5.01. The second-order valence-electron chi connectivity index (χ2n) is 6.95. The molecule has 1 aliphatic heterocycles. The standard InChI is InChI=1S/C17H28FN3/c1-17(2,3)21-12-10-20(11-13-21)9-8-16(19)14-4-6-15(18)7-5-14/h4-7,16H,8-13,19H2,1-3H3. The average Bonchev–Trinajstić information content (AvgIpc) is 2.45. The molecule has 1 unspecified atom stereocenters. The van der Waals surface area contributed by atoms with Crippen molar-refractivity contribution in [2.24, 2.45) is 5.73 Å². The molecule has 4 heteroatoms. The molecule has 1 aromatic rings. The Balaban J connectivity index is 1.76. The second-order valence-corrected chi connectivity index (χ2v) is 6.95. The van der Waals surface area contributed by atoms with Crippen LogP contribution in [0.25, 0.3) is 0 Å². The van der Waals surface area contributed by atoms with E-state index in [1.807, 2.05) is 0 Å². The summed E-state index contributed by atoms with van der Waals surface area (Å²) in [7, 11) is 0. The van der Waals surface area contributed by atoms with Gasteiger partial charge in [-0.3, -0.25) is 4.90 Å². The van der Waals surface area contributed by atoms with Gasteiger partial charge in [0.15, 0.2) is 0 Å². The first-order valence-corrected chi connectivity index (χ1v) is 7.85. The number of nitrogens with two attached hydrogens (primary N) is 1. The fraction of sp³-hybridized carbons (Fsp3) is 0.647. The molecule has 118 valence electrons. The first-order chi connectivity index (χ1) is 9.86. The summed E-state index contributed by atoms with van der Waals surface area (Å²) in [6.07, 6.45) is 0.918. The Labute approximate surface area is 127 Å². The molecule has 2 N–H and O–H groups in total. The molecule has 1 aliphatic rings. The fourth-order valence-corrected chi connectivity index (χ4v) is 2.84. The number of hydrogen-bond acceptors (Lipinski definition) is 3. The highest BCUT2D eigenvalue weighted by molar-refractivity contribution is 5.19. The molecule has 1 saturated heterocycles. The topological polar surface area (TPSA) is 32.5 Å². The van der Waals surface area contributed by atoms with Gasteiger partial charge in [-0.05, 0) is 44.9 Å². The van der Waals surface area contributed by atoms with Crippen LogP contribution in [0, 0.1) is 5.82 Å². The summed E-state index contributed by atoms with van der Waals surface area (Å²) in [5, 5.41) is 0. The van der Waals surface area contributed by atoms with E-state index in [-0.39, 0.29) is 17.4 Å². The number of hydrogen-bond donors (Lipinski definition) is 1. The Hall–Kier alpha value is -0.970. The summed E-state index contributed by atoms with van der Waals surface area (Å²) >= 11 is 0. The molecular formula is C17H28FN3. The lowest BCUT2D eigenvalue weighted by Gasteiger charge is -2.42. The van der Waals surface area contributed by atoms with Gasteiger partial charge in [-0.2, -0.15) is 0 Å². The van der Waals surface area contributed by atoms with E-state index in [9.17, 15) is 4.39 Å². The third-order valence-corrected chi connectivity index (χ3v) is 4.38. The van der Waals surface area contributed by atoms with Crippen LogP contribution in [0.2, 0.25) is 0 Å². The minimum Gasteiger partial charge on any atom is -0.324 e. The molecule has 0 spiro atoms. The van der Waals surface area contributed by atoms with Gasteiger partial charge in [0.05, 0.1) is 0 Å². The van der Waals surface area contributed by atoms with Gasteiger partial charge in [0, 0.05) is 44.3 Å². The molecule has 1 heterocycles. The van der Waals surface area contributed by atoms with Gasteiger partial charge < -0.3 is 10.6 Å². The maximum absolute atomic E-state index is 12.9. The molecule has 1 aromatic carbocycles. The zero-order valence-electron chi connectivity index (χ0n) is 13.5. The van der Waals surface area contributed by atoms with Crippen LogP contribution in [0.15, 0.2) is 24.3 Å².